The molecule has 1 aliphatic heterocycles. The number of nitrogens with zero attached hydrogens (tertiary/aromatic N) is 3. The van der Waals surface area contributed by atoms with E-state index in [0.717, 1.165) is 19.4 Å². The van der Waals surface area contributed by atoms with Crippen molar-refractivity contribution in [2.75, 3.05) is 6.54 Å². The quantitative estimate of drug-likeness (QED) is 0.869. The summed E-state index contributed by atoms with van der Waals surface area (Å²) in [4.78, 5) is 8.59. The van der Waals surface area contributed by atoms with Crippen molar-refractivity contribution < 1.29 is 8.42 Å². The smallest absolute Gasteiger partial charge is 0.238 e. The second-order valence-electron chi connectivity index (χ2n) is 5.38. The zero-order valence-electron chi connectivity index (χ0n) is 12.2. The first-order valence-corrected chi connectivity index (χ1v) is 8.66. The molecule has 1 aliphatic rings. The summed E-state index contributed by atoms with van der Waals surface area (Å²) in [6.45, 7) is 0.956. The van der Waals surface area contributed by atoms with Gasteiger partial charge in [-0.2, -0.15) is 5.26 Å². The van der Waals surface area contributed by atoms with Crippen molar-refractivity contribution in [1.82, 2.24) is 15.3 Å². The Labute approximate surface area is 134 Å². The second-order valence-corrected chi connectivity index (χ2v) is 6.94. The van der Waals surface area contributed by atoms with Crippen LogP contribution in [0.4, 0.5) is 0 Å². The van der Waals surface area contributed by atoms with Crippen molar-refractivity contribution in [2.24, 2.45) is 5.14 Å². The molecule has 1 saturated heterocycles. The van der Waals surface area contributed by atoms with Gasteiger partial charge < -0.3 is 5.32 Å². The molecule has 3 rings (SSSR count). The predicted octanol–water partition coefficient (Wildman–Crippen LogP) is 1.09. The fourth-order valence-corrected chi connectivity index (χ4v) is 3.15. The summed E-state index contributed by atoms with van der Waals surface area (Å²) in [7, 11) is -3.89. The summed E-state index contributed by atoms with van der Waals surface area (Å²) in [5.74, 6) is 0.717. The van der Waals surface area contributed by atoms with Gasteiger partial charge in [0.25, 0.3) is 0 Å². The number of aromatic nitrogens is 2. The Balaban J connectivity index is 1.99. The SMILES string of the molecule is N#Cc1cc(-c2cnc(C3CCCN3)nc2)cc(S(N)(=O)=O)c1. The van der Waals surface area contributed by atoms with E-state index in [1.165, 1.54) is 12.1 Å². The van der Waals surface area contributed by atoms with E-state index < -0.39 is 10.0 Å². The summed E-state index contributed by atoms with van der Waals surface area (Å²) >= 11 is 0. The molecule has 1 atom stereocenters. The van der Waals surface area contributed by atoms with Crippen LogP contribution < -0.4 is 10.5 Å². The number of nitrogens with one attached hydrogen (secondary N) is 1. The van der Waals surface area contributed by atoms with Crippen LogP contribution in [-0.2, 0) is 10.0 Å². The van der Waals surface area contributed by atoms with E-state index in [0.29, 0.717) is 17.0 Å². The molecule has 7 nitrogen and oxygen atoms in total. The van der Waals surface area contributed by atoms with E-state index in [-0.39, 0.29) is 16.5 Å². The Hall–Kier alpha value is -2.34. The summed E-state index contributed by atoms with van der Waals surface area (Å²) in [5, 5.41) is 17.5. The van der Waals surface area contributed by atoms with Crippen LogP contribution >= 0.6 is 0 Å². The molecule has 3 N–H and O–H groups in total. The maximum Gasteiger partial charge on any atom is 0.238 e. The average molecular weight is 329 g/mol. The number of primary sulfonamides is 1. The number of nitriles is 1. The van der Waals surface area contributed by atoms with Crippen molar-refractivity contribution in [3.63, 3.8) is 0 Å². The molecule has 1 aromatic heterocycles. The Morgan fingerprint density at radius 1 is 1.22 bits per heavy atom. The third-order valence-corrected chi connectivity index (χ3v) is 4.63. The first-order valence-electron chi connectivity index (χ1n) is 7.11. The van der Waals surface area contributed by atoms with E-state index in [4.69, 9.17) is 10.4 Å². The van der Waals surface area contributed by atoms with Gasteiger partial charge >= 0.3 is 0 Å². The molecule has 0 bridgehead atoms. The number of benzene rings is 1. The van der Waals surface area contributed by atoms with Crippen LogP contribution in [-0.4, -0.2) is 24.9 Å². The van der Waals surface area contributed by atoms with Gasteiger partial charge in [0, 0.05) is 18.0 Å². The normalized spacial score (nSPS) is 17.8. The summed E-state index contributed by atoms with van der Waals surface area (Å²) < 4.78 is 23.1. The molecule has 2 heterocycles. The van der Waals surface area contributed by atoms with E-state index in [1.54, 1.807) is 18.5 Å². The van der Waals surface area contributed by atoms with Crippen LogP contribution in [0.1, 0.15) is 30.3 Å². The van der Waals surface area contributed by atoms with Gasteiger partial charge in [0.15, 0.2) is 0 Å². The lowest BCUT2D eigenvalue weighted by Gasteiger charge is -2.09. The van der Waals surface area contributed by atoms with Crippen molar-refractivity contribution in [3.05, 3.63) is 42.0 Å². The van der Waals surface area contributed by atoms with E-state index in [9.17, 15) is 8.42 Å². The third kappa shape index (κ3) is 3.37. The zero-order chi connectivity index (χ0) is 16.4. The maximum atomic E-state index is 11.5. The standard InChI is InChI=1S/C15H15N5O2S/c16-7-10-4-11(6-13(5-10)23(17,21)22)12-8-19-15(20-9-12)14-2-1-3-18-14/h4-6,8-9,14,18H,1-3H2,(H2,17,21,22). The van der Waals surface area contributed by atoms with Gasteiger partial charge in [-0.3, -0.25) is 0 Å². The highest BCUT2D eigenvalue weighted by atomic mass is 32.2. The highest BCUT2D eigenvalue weighted by molar-refractivity contribution is 7.89. The van der Waals surface area contributed by atoms with Gasteiger partial charge in [-0.05, 0) is 43.1 Å². The van der Waals surface area contributed by atoms with Gasteiger partial charge in [-0.1, -0.05) is 0 Å². The zero-order valence-corrected chi connectivity index (χ0v) is 13.0. The van der Waals surface area contributed by atoms with Crippen LogP contribution in [0.3, 0.4) is 0 Å². The van der Waals surface area contributed by atoms with Gasteiger partial charge in [-0.25, -0.2) is 23.5 Å². The van der Waals surface area contributed by atoms with E-state index in [2.05, 4.69) is 15.3 Å². The van der Waals surface area contributed by atoms with Crippen LogP contribution in [0.2, 0.25) is 0 Å². The minimum absolute atomic E-state index is 0.104. The maximum absolute atomic E-state index is 11.5. The molecule has 1 unspecified atom stereocenters. The van der Waals surface area contributed by atoms with Crippen molar-refractivity contribution >= 4 is 10.0 Å². The lowest BCUT2D eigenvalue weighted by molar-refractivity contribution is 0.598. The molecule has 8 heteroatoms. The van der Waals surface area contributed by atoms with Crippen LogP contribution in [0, 0.1) is 11.3 Å². The number of nitrogens with two attached hydrogens (primary N) is 1. The molecule has 0 aliphatic carbocycles. The molecule has 1 aromatic carbocycles. The predicted molar refractivity (Wildman–Crippen MR) is 83.5 cm³/mol. The minimum atomic E-state index is -3.89. The highest BCUT2D eigenvalue weighted by Gasteiger charge is 2.19. The Kier molecular flexibility index (Phi) is 4.09. The fraction of sp³-hybridized carbons (Fsp3) is 0.267. The number of hydrogen-bond acceptors (Lipinski definition) is 6. The highest BCUT2D eigenvalue weighted by Crippen LogP contribution is 2.25. The Morgan fingerprint density at radius 3 is 2.52 bits per heavy atom. The Bertz CT molecular complexity index is 866. The van der Waals surface area contributed by atoms with Gasteiger partial charge in [-0.15, -0.1) is 0 Å². The lowest BCUT2D eigenvalue weighted by atomic mass is 10.1. The van der Waals surface area contributed by atoms with Crippen molar-refractivity contribution in [2.45, 2.75) is 23.8 Å². The first kappa shape index (κ1) is 15.6. The van der Waals surface area contributed by atoms with Crippen LogP contribution in [0.5, 0.6) is 0 Å². The topological polar surface area (TPSA) is 122 Å². The third-order valence-electron chi connectivity index (χ3n) is 3.74. The summed E-state index contributed by atoms with van der Waals surface area (Å²) in [5.41, 5.74) is 1.39. The Morgan fingerprint density at radius 2 is 1.96 bits per heavy atom. The van der Waals surface area contributed by atoms with Crippen LogP contribution in [0.25, 0.3) is 11.1 Å². The first-order chi connectivity index (χ1) is 11.0. The molecule has 0 spiro atoms. The molecule has 0 amide bonds. The summed E-state index contributed by atoms with van der Waals surface area (Å²) in [6, 6.07) is 6.35. The minimum Gasteiger partial charge on any atom is -0.307 e. The largest absolute Gasteiger partial charge is 0.307 e. The molecule has 0 radical (unpaired) electrons. The molecule has 23 heavy (non-hydrogen) atoms. The van der Waals surface area contributed by atoms with Gasteiger partial charge in [0.1, 0.15) is 5.82 Å². The van der Waals surface area contributed by atoms with Crippen molar-refractivity contribution in [3.8, 4) is 17.2 Å². The molecule has 118 valence electrons. The second kappa shape index (κ2) is 6.04. The summed E-state index contributed by atoms with van der Waals surface area (Å²) in [6.07, 6.45) is 5.36. The number of rotatable bonds is 3. The number of sulfonamides is 1. The fourth-order valence-electron chi connectivity index (χ4n) is 2.57. The van der Waals surface area contributed by atoms with Crippen molar-refractivity contribution in [1.29, 1.82) is 5.26 Å². The molecule has 1 fully saturated rings. The van der Waals surface area contributed by atoms with E-state index in [1.807, 2.05) is 6.07 Å². The molecular weight excluding hydrogens is 314 g/mol. The van der Waals surface area contributed by atoms with E-state index >= 15 is 0 Å². The monoisotopic (exact) mass is 329 g/mol. The van der Waals surface area contributed by atoms with Gasteiger partial charge in [0.05, 0.1) is 22.6 Å². The molecular formula is C15H15N5O2S. The molecule has 0 saturated carbocycles. The van der Waals surface area contributed by atoms with Crippen LogP contribution in [0.15, 0.2) is 35.5 Å². The van der Waals surface area contributed by atoms with Gasteiger partial charge in [0.2, 0.25) is 10.0 Å². The average Bonchev–Trinajstić information content (AvgIpc) is 3.08. The lowest BCUT2D eigenvalue weighted by Crippen LogP contribution is -2.15. The molecule has 2 aromatic rings. The number of hydrogen-bond donors (Lipinski definition) is 2.